The number of ether oxygens (including phenoxy) is 1. The summed E-state index contributed by atoms with van der Waals surface area (Å²) in [7, 11) is -3.53. The van der Waals surface area contributed by atoms with Crippen LogP contribution in [0.1, 0.15) is 27.7 Å². The van der Waals surface area contributed by atoms with Crippen LogP contribution in [0.15, 0.2) is 48.1 Å². The van der Waals surface area contributed by atoms with Crippen molar-refractivity contribution < 1.29 is 18.3 Å². The van der Waals surface area contributed by atoms with Gasteiger partial charge in [0.2, 0.25) is 0 Å². The van der Waals surface area contributed by atoms with Crippen molar-refractivity contribution in [3.8, 4) is 0 Å². The van der Waals surface area contributed by atoms with Crippen molar-refractivity contribution in [1.29, 1.82) is 0 Å². The summed E-state index contributed by atoms with van der Waals surface area (Å²) in [5.74, 6) is 0.409. The lowest BCUT2D eigenvalue weighted by molar-refractivity contribution is 0.159. The van der Waals surface area contributed by atoms with Crippen LogP contribution in [-0.2, 0) is 14.6 Å². The zero-order valence-corrected chi connectivity index (χ0v) is 13.4. The van der Waals surface area contributed by atoms with Crippen LogP contribution in [0.4, 0.5) is 0 Å². The summed E-state index contributed by atoms with van der Waals surface area (Å²) < 4.78 is 29.6. The molecule has 20 heavy (non-hydrogen) atoms. The van der Waals surface area contributed by atoms with Gasteiger partial charge in [-0.1, -0.05) is 25.3 Å². The molecule has 0 saturated carbocycles. The first-order valence-electron chi connectivity index (χ1n) is 6.40. The van der Waals surface area contributed by atoms with E-state index in [2.05, 4.69) is 13.2 Å². The second kappa shape index (κ2) is 8.07. The van der Waals surface area contributed by atoms with Gasteiger partial charge >= 0.3 is 0 Å². The molecule has 0 spiro atoms. The number of sulfone groups is 1. The van der Waals surface area contributed by atoms with Crippen LogP contribution >= 0.6 is 0 Å². The zero-order chi connectivity index (χ0) is 15.9. The van der Waals surface area contributed by atoms with Gasteiger partial charge in [-0.05, 0) is 39.8 Å². The number of aliphatic hydroxyl groups excluding tert-OH is 1. The second-order valence-corrected chi connectivity index (χ2v) is 7.17. The molecule has 0 bridgehead atoms. The Balaban J connectivity index is 4.83. The summed E-state index contributed by atoms with van der Waals surface area (Å²) in [6.07, 6.45) is 4.99. The van der Waals surface area contributed by atoms with Gasteiger partial charge in [0, 0.05) is 0 Å². The number of hydrogen-bond donors (Lipinski definition) is 1. The molecular weight excluding hydrogens is 276 g/mol. The summed E-state index contributed by atoms with van der Waals surface area (Å²) >= 11 is 0. The minimum Gasteiger partial charge on any atom is -0.492 e. The van der Waals surface area contributed by atoms with E-state index in [0.29, 0.717) is 5.76 Å². The van der Waals surface area contributed by atoms with E-state index in [0.717, 1.165) is 0 Å². The zero-order valence-electron chi connectivity index (χ0n) is 12.5. The molecule has 2 atom stereocenters. The molecule has 0 aromatic rings. The van der Waals surface area contributed by atoms with E-state index < -0.39 is 21.2 Å². The Hall–Kier alpha value is -1.33. The van der Waals surface area contributed by atoms with Crippen molar-refractivity contribution in [2.75, 3.05) is 0 Å². The van der Waals surface area contributed by atoms with E-state index in [-0.39, 0.29) is 11.0 Å². The highest BCUT2D eigenvalue weighted by Gasteiger charge is 2.20. The third kappa shape index (κ3) is 6.73. The molecule has 1 N–H and O–H groups in total. The molecule has 0 amide bonds. The summed E-state index contributed by atoms with van der Waals surface area (Å²) in [6, 6.07) is 0. The number of aliphatic hydroxyl groups is 1. The van der Waals surface area contributed by atoms with Crippen LogP contribution in [0.2, 0.25) is 0 Å². The molecule has 0 fully saturated rings. The van der Waals surface area contributed by atoms with Crippen molar-refractivity contribution in [3.05, 3.63) is 48.1 Å². The molecule has 114 valence electrons. The maximum absolute atomic E-state index is 12.1. The van der Waals surface area contributed by atoms with Gasteiger partial charge in [-0.25, -0.2) is 8.42 Å². The molecule has 0 aromatic heterocycles. The Morgan fingerprint density at radius 1 is 1.10 bits per heavy atom. The Morgan fingerprint density at radius 2 is 1.65 bits per heavy atom. The molecule has 0 aliphatic carbocycles. The summed E-state index contributed by atoms with van der Waals surface area (Å²) in [6.45, 7) is 14.0. The summed E-state index contributed by atoms with van der Waals surface area (Å²) in [5.41, 5.74) is 0. The van der Waals surface area contributed by atoms with Crippen molar-refractivity contribution in [1.82, 2.24) is 0 Å². The van der Waals surface area contributed by atoms with Gasteiger partial charge in [0.15, 0.2) is 9.84 Å². The number of allylic oxidation sites excluding steroid dienone is 2. The minimum atomic E-state index is -3.53. The predicted molar refractivity (Wildman–Crippen MR) is 82.8 cm³/mol. The van der Waals surface area contributed by atoms with Gasteiger partial charge in [0.25, 0.3) is 0 Å². The van der Waals surface area contributed by atoms with Gasteiger partial charge < -0.3 is 9.84 Å². The van der Waals surface area contributed by atoms with Crippen LogP contribution in [0.5, 0.6) is 0 Å². The van der Waals surface area contributed by atoms with E-state index in [1.54, 1.807) is 6.92 Å². The smallest absolute Gasteiger partial charge is 0.183 e. The lowest BCUT2D eigenvalue weighted by Crippen LogP contribution is -2.16. The predicted octanol–water partition coefficient (Wildman–Crippen LogP) is 2.74. The maximum Gasteiger partial charge on any atom is 0.183 e. The highest BCUT2D eigenvalue weighted by Crippen LogP contribution is 2.15. The first kappa shape index (κ1) is 18.7. The normalized spacial score (nSPS) is 15.7. The molecular formula is C15H24O4S. The average molecular weight is 300 g/mol. The molecule has 0 aliphatic rings. The van der Waals surface area contributed by atoms with Crippen molar-refractivity contribution >= 4 is 9.84 Å². The monoisotopic (exact) mass is 300 g/mol. The fourth-order valence-corrected chi connectivity index (χ4v) is 2.30. The number of rotatable bonds is 8. The van der Waals surface area contributed by atoms with Gasteiger partial charge in [-0.3, -0.25) is 0 Å². The maximum atomic E-state index is 12.1. The van der Waals surface area contributed by atoms with Crippen molar-refractivity contribution in [3.63, 3.8) is 0 Å². The molecule has 0 radical (unpaired) electrons. The molecule has 0 heterocycles. The quantitative estimate of drug-likeness (QED) is 0.553. The number of hydrogen-bond acceptors (Lipinski definition) is 4. The van der Waals surface area contributed by atoms with Gasteiger partial charge in [0.1, 0.15) is 5.76 Å². The highest BCUT2D eigenvalue weighted by atomic mass is 32.2. The van der Waals surface area contributed by atoms with Gasteiger partial charge in [0.05, 0.1) is 22.4 Å². The van der Waals surface area contributed by atoms with E-state index in [9.17, 15) is 8.42 Å². The molecule has 0 aromatic carbocycles. The van der Waals surface area contributed by atoms with E-state index in [1.165, 1.54) is 31.2 Å². The van der Waals surface area contributed by atoms with Crippen LogP contribution in [0, 0.1) is 0 Å². The van der Waals surface area contributed by atoms with E-state index in [4.69, 9.17) is 9.84 Å². The van der Waals surface area contributed by atoms with Crippen LogP contribution in [-0.4, -0.2) is 31.0 Å². The van der Waals surface area contributed by atoms with Crippen molar-refractivity contribution in [2.24, 2.45) is 0 Å². The lowest BCUT2D eigenvalue weighted by atomic mass is 10.3. The third-order valence-electron chi connectivity index (χ3n) is 2.36. The van der Waals surface area contributed by atoms with Gasteiger partial charge in [-0.15, -0.1) is 0 Å². The average Bonchev–Trinajstić information content (AvgIpc) is 2.31. The molecule has 0 aliphatic heterocycles. The van der Waals surface area contributed by atoms with Gasteiger partial charge in [-0.2, -0.15) is 0 Å². The first-order valence-corrected chi connectivity index (χ1v) is 7.94. The topological polar surface area (TPSA) is 63.6 Å². The summed E-state index contributed by atoms with van der Waals surface area (Å²) in [4.78, 5) is -0.0362. The molecule has 5 heteroatoms. The second-order valence-electron chi connectivity index (χ2n) is 4.81. The minimum absolute atomic E-state index is 0.0111. The molecule has 4 nitrogen and oxygen atoms in total. The SMILES string of the molecule is C=C(/C=C\C(C)S(=O)(=O)C(=C)/C=C\C(C)O)OC(C)C. The summed E-state index contributed by atoms with van der Waals surface area (Å²) in [5, 5.41) is 8.35. The fraction of sp³-hybridized carbons (Fsp3) is 0.467. The third-order valence-corrected chi connectivity index (χ3v) is 4.36. The molecule has 2 unspecified atom stereocenters. The van der Waals surface area contributed by atoms with Crippen LogP contribution in [0.3, 0.4) is 0 Å². The Bertz CT molecular complexity index is 496. The molecule has 0 saturated heterocycles. The largest absolute Gasteiger partial charge is 0.492 e. The highest BCUT2D eigenvalue weighted by molar-refractivity contribution is 7.96. The van der Waals surface area contributed by atoms with E-state index in [1.807, 2.05) is 13.8 Å². The molecule has 0 rings (SSSR count). The fourth-order valence-electron chi connectivity index (χ4n) is 1.27. The van der Waals surface area contributed by atoms with Crippen LogP contribution < -0.4 is 0 Å². The Kier molecular flexibility index (Phi) is 7.53. The Labute approximate surface area is 122 Å². The van der Waals surface area contributed by atoms with E-state index >= 15 is 0 Å². The lowest BCUT2D eigenvalue weighted by Gasteiger charge is -2.11. The van der Waals surface area contributed by atoms with Crippen LogP contribution in [0.25, 0.3) is 0 Å². The standard InChI is InChI=1S/C15H24O4S/c1-11(2)19-13(4)8-10-15(6)20(17,18)14(5)9-7-12(3)16/h7-12,15-16H,4-5H2,1-3,6H3/b9-7-,10-8-. The van der Waals surface area contributed by atoms with Crippen molar-refractivity contribution in [2.45, 2.75) is 45.2 Å². The Morgan fingerprint density at radius 3 is 2.10 bits per heavy atom. The first-order chi connectivity index (χ1) is 9.07.